The molecule has 1 aromatic heterocycles. The van der Waals surface area contributed by atoms with Gasteiger partial charge in [0.2, 0.25) is 0 Å². The standard InChI is InChI=1S/C24H29N3O4S/c1-4-26(5-2)10-11-27-21(19-7-6-14-32-19)20(23(29)24(27)30)22(28)16-8-9-18-17(15-16)25(3)12-13-31-18/h6-9,14-15,21,28H,4-5,10-13H2,1-3H3/b22-20-. The molecule has 4 rings (SSSR count). The van der Waals surface area contributed by atoms with Gasteiger partial charge in [0.1, 0.15) is 18.1 Å². The number of aliphatic hydroxyl groups excluding tert-OH is 1. The number of benzene rings is 1. The molecular weight excluding hydrogens is 426 g/mol. The van der Waals surface area contributed by atoms with Crippen molar-refractivity contribution in [2.24, 2.45) is 0 Å². The monoisotopic (exact) mass is 455 g/mol. The van der Waals surface area contributed by atoms with Crippen LogP contribution < -0.4 is 9.64 Å². The molecule has 1 unspecified atom stereocenters. The highest BCUT2D eigenvalue weighted by Gasteiger charge is 2.46. The summed E-state index contributed by atoms with van der Waals surface area (Å²) in [6, 6.07) is 8.58. The Morgan fingerprint density at radius 3 is 2.72 bits per heavy atom. The molecule has 2 aromatic rings. The van der Waals surface area contributed by atoms with Crippen LogP contribution in [0.15, 0.2) is 41.3 Å². The topological polar surface area (TPSA) is 73.3 Å². The number of carbonyl (C=O) groups is 2. The first kappa shape index (κ1) is 22.4. The van der Waals surface area contributed by atoms with E-state index < -0.39 is 17.7 Å². The van der Waals surface area contributed by atoms with E-state index >= 15 is 0 Å². The number of ether oxygens (including phenoxy) is 1. The van der Waals surface area contributed by atoms with Crippen LogP contribution in [0.5, 0.6) is 5.75 Å². The Kier molecular flexibility index (Phi) is 6.53. The smallest absolute Gasteiger partial charge is 0.295 e. The summed E-state index contributed by atoms with van der Waals surface area (Å²) in [5.41, 5.74) is 1.50. The van der Waals surface area contributed by atoms with Crippen molar-refractivity contribution < 1.29 is 19.4 Å². The maximum Gasteiger partial charge on any atom is 0.295 e. The van der Waals surface area contributed by atoms with E-state index in [9.17, 15) is 14.7 Å². The number of ketones is 1. The minimum absolute atomic E-state index is 0.145. The molecule has 170 valence electrons. The second-order valence-electron chi connectivity index (χ2n) is 7.99. The van der Waals surface area contributed by atoms with E-state index in [1.807, 2.05) is 30.6 Å². The lowest BCUT2D eigenvalue weighted by Gasteiger charge is -2.28. The number of fused-ring (bicyclic) bond motifs is 1. The average molecular weight is 456 g/mol. The molecular formula is C24H29N3O4S. The summed E-state index contributed by atoms with van der Waals surface area (Å²) < 4.78 is 5.69. The van der Waals surface area contributed by atoms with E-state index in [0.29, 0.717) is 25.3 Å². The van der Waals surface area contributed by atoms with Crippen LogP contribution in [-0.4, -0.2) is 73.0 Å². The number of anilines is 1. The van der Waals surface area contributed by atoms with Crippen LogP contribution >= 0.6 is 11.3 Å². The summed E-state index contributed by atoms with van der Waals surface area (Å²) in [7, 11) is 1.96. The third-order valence-electron chi connectivity index (χ3n) is 6.23. The van der Waals surface area contributed by atoms with Gasteiger partial charge in [-0.3, -0.25) is 9.59 Å². The number of Topliss-reactive ketones (excluding diaryl/α,β-unsaturated/α-hetero) is 1. The number of hydrogen-bond donors (Lipinski definition) is 1. The van der Waals surface area contributed by atoms with E-state index in [1.54, 1.807) is 17.0 Å². The minimum atomic E-state index is -0.636. The third kappa shape index (κ3) is 4.00. The fourth-order valence-electron chi connectivity index (χ4n) is 4.30. The van der Waals surface area contributed by atoms with Gasteiger partial charge >= 0.3 is 0 Å². The molecule has 0 saturated carbocycles. The van der Waals surface area contributed by atoms with Gasteiger partial charge in [0, 0.05) is 30.6 Å². The number of carbonyl (C=O) groups excluding carboxylic acids is 2. The first-order chi connectivity index (χ1) is 15.5. The van der Waals surface area contributed by atoms with Crippen LogP contribution in [0.25, 0.3) is 5.76 Å². The second-order valence-corrected chi connectivity index (χ2v) is 8.97. The maximum absolute atomic E-state index is 13.1. The highest BCUT2D eigenvalue weighted by Crippen LogP contribution is 2.42. The van der Waals surface area contributed by atoms with Gasteiger partial charge in [-0.25, -0.2) is 0 Å². The molecule has 2 aliphatic heterocycles. The lowest BCUT2D eigenvalue weighted by Crippen LogP contribution is -2.37. The van der Waals surface area contributed by atoms with E-state index in [4.69, 9.17) is 4.74 Å². The van der Waals surface area contributed by atoms with Gasteiger partial charge in [-0.05, 0) is 42.7 Å². The zero-order valence-electron chi connectivity index (χ0n) is 18.7. The van der Waals surface area contributed by atoms with Crippen molar-refractivity contribution in [3.63, 3.8) is 0 Å². The molecule has 0 radical (unpaired) electrons. The highest BCUT2D eigenvalue weighted by molar-refractivity contribution is 7.10. The fraction of sp³-hybridized carbons (Fsp3) is 0.417. The van der Waals surface area contributed by atoms with Gasteiger partial charge < -0.3 is 24.5 Å². The van der Waals surface area contributed by atoms with Gasteiger partial charge in [0.05, 0.1) is 23.8 Å². The number of likely N-dealkylation sites (N-methyl/N-ethyl adjacent to an activating group) is 2. The van der Waals surface area contributed by atoms with Crippen LogP contribution in [0, 0.1) is 0 Å². The molecule has 1 N–H and O–H groups in total. The Morgan fingerprint density at radius 1 is 1.25 bits per heavy atom. The number of thiophene rings is 1. The minimum Gasteiger partial charge on any atom is -0.507 e. The second kappa shape index (κ2) is 9.34. The van der Waals surface area contributed by atoms with E-state index in [1.165, 1.54) is 11.3 Å². The maximum atomic E-state index is 13.1. The van der Waals surface area contributed by atoms with Crippen LogP contribution in [0.4, 0.5) is 5.69 Å². The average Bonchev–Trinajstić information content (AvgIpc) is 3.42. The molecule has 1 atom stereocenters. The molecule has 1 fully saturated rings. The molecule has 1 amide bonds. The first-order valence-corrected chi connectivity index (χ1v) is 11.9. The number of aliphatic hydroxyl groups is 1. The van der Waals surface area contributed by atoms with E-state index in [0.717, 1.165) is 35.9 Å². The highest BCUT2D eigenvalue weighted by atomic mass is 32.1. The zero-order chi connectivity index (χ0) is 22.8. The van der Waals surface area contributed by atoms with E-state index in [2.05, 4.69) is 23.6 Å². The molecule has 3 heterocycles. The molecule has 1 aromatic carbocycles. The Balaban J connectivity index is 1.76. The Morgan fingerprint density at radius 2 is 2.03 bits per heavy atom. The van der Waals surface area contributed by atoms with Crippen molar-refractivity contribution in [1.29, 1.82) is 0 Å². The quantitative estimate of drug-likeness (QED) is 0.392. The number of hydrogen-bond acceptors (Lipinski definition) is 7. The number of rotatable bonds is 7. The Labute approximate surface area is 192 Å². The van der Waals surface area contributed by atoms with Crippen molar-refractivity contribution in [2.75, 3.05) is 51.3 Å². The van der Waals surface area contributed by atoms with Crippen molar-refractivity contribution >= 4 is 34.5 Å². The number of amides is 1. The molecule has 32 heavy (non-hydrogen) atoms. The van der Waals surface area contributed by atoms with Crippen LogP contribution in [0.2, 0.25) is 0 Å². The summed E-state index contributed by atoms with van der Waals surface area (Å²) in [4.78, 5) is 32.9. The molecule has 7 nitrogen and oxygen atoms in total. The SMILES string of the molecule is CCN(CC)CCN1C(=O)C(=O)/C(=C(\O)c2ccc3c(c2)N(C)CCO3)C1c1cccs1. The summed E-state index contributed by atoms with van der Waals surface area (Å²) in [5, 5.41) is 13.2. The van der Waals surface area contributed by atoms with Crippen molar-refractivity contribution in [3.05, 3.63) is 51.7 Å². The molecule has 2 aliphatic rings. The summed E-state index contributed by atoms with van der Waals surface area (Å²) in [5.74, 6) is -0.600. The van der Waals surface area contributed by atoms with Crippen LogP contribution in [0.1, 0.15) is 30.3 Å². The van der Waals surface area contributed by atoms with Crippen LogP contribution in [-0.2, 0) is 9.59 Å². The number of likely N-dealkylation sites (tertiary alicyclic amines) is 1. The van der Waals surface area contributed by atoms with Gasteiger partial charge in [-0.15, -0.1) is 11.3 Å². The molecule has 0 spiro atoms. The summed E-state index contributed by atoms with van der Waals surface area (Å²) in [6.07, 6.45) is 0. The third-order valence-corrected chi connectivity index (χ3v) is 7.16. The Bertz CT molecular complexity index is 1030. The normalized spacial score (nSPS) is 20.1. The van der Waals surface area contributed by atoms with Gasteiger partial charge in [-0.1, -0.05) is 19.9 Å². The lowest BCUT2D eigenvalue weighted by molar-refractivity contribution is -0.140. The number of nitrogens with zero attached hydrogens (tertiary/aromatic N) is 3. The fourth-order valence-corrected chi connectivity index (χ4v) is 5.14. The van der Waals surface area contributed by atoms with Gasteiger partial charge in [0.15, 0.2) is 0 Å². The first-order valence-electron chi connectivity index (χ1n) is 11.0. The van der Waals surface area contributed by atoms with Gasteiger partial charge in [0.25, 0.3) is 11.7 Å². The van der Waals surface area contributed by atoms with Crippen molar-refractivity contribution in [2.45, 2.75) is 19.9 Å². The Hall–Kier alpha value is -2.84. The summed E-state index contributed by atoms with van der Waals surface area (Å²) in [6.45, 7) is 8.32. The molecule has 0 bridgehead atoms. The van der Waals surface area contributed by atoms with Crippen molar-refractivity contribution in [3.8, 4) is 5.75 Å². The predicted octanol–water partition coefficient (Wildman–Crippen LogP) is 3.34. The van der Waals surface area contributed by atoms with Crippen molar-refractivity contribution in [1.82, 2.24) is 9.80 Å². The zero-order valence-corrected chi connectivity index (χ0v) is 19.5. The van der Waals surface area contributed by atoms with Gasteiger partial charge in [-0.2, -0.15) is 0 Å². The predicted molar refractivity (Wildman–Crippen MR) is 126 cm³/mol. The largest absolute Gasteiger partial charge is 0.507 e. The van der Waals surface area contributed by atoms with Crippen LogP contribution in [0.3, 0.4) is 0 Å². The lowest BCUT2D eigenvalue weighted by atomic mass is 9.99. The molecule has 1 saturated heterocycles. The molecule has 0 aliphatic carbocycles. The summed E-state index contributed by atoms with van der Waals surface area (Å²) >= 11 is 1.48. The molecule has 8 heteroatoms. The van der Waals surface area contributed by atoms with E-state index in [-0.39, 0.29) is 11.3 Å².